The smallest absolute Gasteiger partial charge is 0.417 e. The SMILES string of the molecule is C=CC(=O)N1C[C@H](Oc2nc(OCC34CCCN3C[C@H](F)C4)nc3c(F)c(-c4ccc(F)c5sc(N)nc45)c(C(F)(F)F)cc23)C[C@@H]1CO. The molecule has 1 amide bonds. The number of carbonyl (C=O) groups excluding carboxylic acids is 1. The van der Waals surface area contributed by atoms with Crippen LogP contribution < -0.4 is 15.2 Å². The first-order valence-electron chi connectivity index (χ1n) is 15.5. The molecule has 3 fully saturated rings. The standard InChI is InChI=1S/C32H30F6N6O4S/c1-2-22(46)44-12-17(8-16(44)13-45)48-28-19-9-20(32(36,37)38)23(18-4-5-21(34)27-26(18)40-29(39)49-27)24(35)25(19)41-30(42-28)47-14-31-6-3-7-43(31)11-15(33)10-31/h2,4-5,9,15-17,45H,1,3,6-8,10-14H2,(H2,39,40)/t15-,16-,17-,31?/m1/s1. The zero-order valence-electron chi connectivity index (χ0n) is 25.8. The van der Waals surface area contributed by atoms with Crippen LogP contribution in [0.2, 0.25) is 0 Å². The maximum atomic E-state index is 16.8. The third-order valence-corrected chi connectivity index (χ3v) is 10.4. The number of hydrogen-bond acceptors (Lipinski definition) is 10. The number of fused-ring (bicyclic) bond motifs is 3. The molecule has 4 atom stereocenters. The van der Waals surface area contributed by atoms with Gasteiger partial charge in [0.15, 0.2) is 10.9 Å². The van der Waals surface area contributed by atoms with Gasteiger partial charge in [0.2, 0.25) is 11.8 Å². The molecule has 17 heteroatoms. The highest BCUT2D eigenvalue weighted by Gasteiger charge is 2.49. The summed E-state index contributed by atoms with van der Waals surface area (Å²) in [5.74, 6) is -3.16. The van der Waals surface area contributed by atoms with E-state index in [0.29, 0.717) is 30.4 Å². The summed E-state index contributed by atoms with van der Waals surface area (Å²) in [7, 11) is 0. The van der Waals surface area contributed by atoms with Gasteiger partial charge in [-0.2, -0.15) is 23.1 Å². The number of aliphatic hydroxyl groups excluding tert-OH is 1. The van der Waals surface area contributed by atoms with Crippen LogP contribution in [0.5, 0.6) is 11.9 Å². The second-order valence-corrected chi connectivity index (χ2v) is 13.5. The molecule has 2 aromatic carbocycles. The van der Waals surface area contributed by atoms with Gasteiger partial charge in [0.25, 0.3) is 0 Å². The van der Waals surface area contributed by atoms with Crippen molar-refractivity contribution in [2.24, 2.45) is 0 Å². The van der Waals surface area contributed by atoms with Gasteiger partial charge in [-0.15, -0.1) is 0 Å². The number of hydrogen-bond donors (Lipinski definition) is 2. The molecule has 0 bridgehead atoms. The minimum Gasteiger partial charge on any atom is -0.472 e. The number of nitrogens with zero attached hydrogens (tertiary/aromatic N) is 5. The lowest BCUT2D eigenvalue weighted by atomic mass is 9.95. The first-order valence-corrected chi connectivity index (χ1v) is 16.3. The Kier molecular flexibility index (Phi) is 8.34. The maximum Gasteiger partial charge on any atom is 0.417 e. The first-order chi connectivity index (χ1) is 23.3. The highest BCUT2D eigenvalue weighted by atomic mass is 32.1. The Morgan fingerprint density at radius 1 is 1.20 bits per heavy atom. The molecule has 4 aromatic rings. The number of aliphatic hydroxyl groups is 1. The molecule has 3 N–H and O–H groups in total. The molecule has 1 unspecified atom stereocenters. The van der Waals surface area contributed by atoms with E-state index in [0.717, 1.165) is 24.6 Å². The molecular weight excluding hydrogens is 678 g/mol. The van der Waals surface area contributed by atoms with Gasteiger partial charge in [0.05, 0.1) is 45.9 Å². The Bertz CT molecular complexity index is 1980. The van der Waals surface area contributed by atoms with E-state index < -0.39 is 88.1 Å². The second-order valence-electron chi connectivity index (χ2n) is 12.5. The number of halogens is 6. The number of nitrogens with two attached hydrogens (primary N) is 1. The van der Waals surface area contributed by atoms with Gasteiger partial charge in [-0.3, -0.25) is 9.69 Å². The van der Waals surface area contributed by atoms with E-state index in [2.05, 4.69) is 21.5 Å². The minimum atomic E-state index is -5.13. The summed E-state index contributed by atoms with van der Waals surface area (Å²) in [5, 5.41) is 9.29. The molecule has 49 heavy (non-hydrogen) atoms. The number of carbonyl (C=O) groups is 1. The highest BCUT2D eigenvalue weighted by Crippen LogP contribution is 2.46. The number of ether oxygens (including phenoxy) is 2. The van der Waals surface area contributed by atoms with Crippen LogP contribution in [0, 0.1) is 11.6 Å². The molecule has 0 spiro atoms. The van der Waals surface area contributed by atoms with Crippen LogP contribution in [0.1, 0.15) is 31.2 Å². The summed E-state index contributed by atoms with van der Waals surface area (Å²) in [6, 6.07) is 1.44. The van der Waals surface area contributed by atoms with E-state index in [-0.39, 0.29) is 53.4 Å². The van der Waals surface area contributed by atoms with Crippen molar-refractivity contribution in [1.82, 2.24) is 24.8 Å². The molecule has 0 saturated carbocycles. The van der Waals surface area contributed by atoms with Gasteiger partial charge in [-0.05, 0) is 43.7 Å². The number of nitrogen functional groups attached to an aromatic ring is 1. The van der Waals surface area contributed by atoms with Crippen molar-refractivity contribution in [3.63, 3.8) is 0 Å². The largest absolute Gasteiger partial charge is 0.472 e. The fraction of sp³-hybridized carbons (Fsp3) is 0.438. The number of amides is 1. The van der Waals surface area contributed by atoms with Crippen molar-refractivity contribution in [2.75, 3.05) is 38.6 Å². The van der Waals surface area contributed by atoms with E-state index in [1.54, 1.807) is 0 Å². The fourth-order valence-corrected chi connectivity index (χ4v) is 8.10. The van der Waals surface area contributed by atoms with E-state index in [1.165, 1.54) is 4.90 Å². The number of alkyl halides is 4. The van der Waals surface area contributed by atoms with Gasteiger partial charge >= 0.3 is 12.2 Å². The number of aromatic nitrogens is 3. The zero-order valence-corrected chi connectivity index (χ0v) is 26.6. The summed E-state index contributed by atoms with van der Waals surface area (Å²) in [5.41, 5.74) is 1.53. The lowest BCUT2D eigenvalue weighted by Crippen LogP contribution is -2.43. The van der Waals surface area contributed by atoms with Crippen LogP contribution in [0.3, 0.4) is 0 Å². The Balaban J connectivity index is 1.38. The number of likely N-dealkylation sites (tertiary alicyclic amines) is 1. The second kappa shape index (κ2) is 12.3. The third kappa shape index (κ3) is 5.80. The monoisotopic (exact) mass is 708 g/mol. The third-order valence-electron chi connectivity index (χ3n) is 9.52. The molecule has 7 rings (SSSR count). The van der Waals surface area contributed by atoms with Crippen molar-refractivity contribution >= 4 is 43.5 Å². The molecular formula is C32H30F6N6O4S. The summed E-state index contributed by atoms with van der Waals surface area (Å²) < 4.78 is 102. The number of benzene rings is 2. The number of anilines is 1. The normalized spacial score (nSPS) is 24.2. The molecule has 3 aliphatic heterocycles. The van der Waals surface area contributed by atoms with E-state index >= 15 is 4.39 Å². The fourth-order valence-electron chi connectivity index (χ4n) is 7.34. The topological polar surface area (TPSA) is 127 Å². The molecule has 2 aromatic heterocycles. The molecule has 3 saturated heterocycles. The average Bonchev–Trinajstić information content (AvgIpc) is 3.82. The summed E-state index contributed by atoms with van der Waals surface area (Å²) in [4.78, 5) is 28.2. The lowest BCUT2D eigenvalue weighted by molar-refractivity contribution is -0.137. The Hall–Kier alpha value is -4.22. The first kappa shape index (κ1) is 33.3. The molecule has 5 heterocycles. The Morgan fingerprint density at radius 3 is 2.73 bits per heavy atom. The van der Waals surface area contributed by atoms with Gasteiger partial charge in [0.1, 0.15) is 30.2 Å². The molecule has 260 valence electrons. The average molecular weight is 709 g/mol. The van der Waals surface area contributed by atoms with Crippen LogP contribution in [0.25, 0.3) is 32.2 Å². The molecule has 3 aliphatic rings. The van der Waals surface area contributed by atoms with Crippen molar-refractivity contribution in [3.05, 3.63) is 48.1 Å². The molecule has 10 nitrogen and oxygen atoms in total. The van der Waals surface area contributed by atoms with Gasteiger partial charge in [-0.25, -0.2) is 18.2 Å². The van der Waals surface area contributed by atoms with Crippen LogP contribution in [-0.4, -0.2) is 92.5 Å². The van der Waals surface area contributed by atoms with Crippen molar-refractivity contribution in [3.8, 4) is 23.0 Å². The van der Waals surface area contributed by atoms with Crippen molar-refractivity contribution in [2.45, 2.75) is 55.7 Å². The van der Waals surface area contributed by atoms with E-state index in [4.69, 9.17) is 15.2 Å². The molecule has 0 radical (unpaired) electrons. The number of rotatable bonds is 8. The summed E-state index contributed by atoms with van der Waals surface area (Å²) in [6.45, 7) is 3.79. The Morgan fingerprint density at radius 2 is 2.00 bits per heavy atom. The van der Waals surface area contributed by atoms with Crippen molar-refractivity contribution < 1.29 is 45.7 Å². The van der Waals surface area contributed by atoms with E-state index in [9.17, 15) is 31.9 Å². The van der Waals surface area contributed by atoms with Gasteiger partial charge in [0, 0.05) is 30.5 Å². The maximum absolute atomic E-state index is 16.8. The number of thiazole rings is 1. The predicted molar refractivity (Wildman–Crippen MR) is 168 cm³/mol. The summed E-state index contributed by atoms with van der Waals surface area (Å²) in [6.07, 6.45) is -4.29. The predicted octanol–water partition coefficient (Wildman–Crippen LogP) is 5.27. The van der Waals surface area contributed by atoms with Crippen LogP contribution in [0.4, 0.5) is 31.5 Å². The quantitative estimate of drug-likeness (QED) is 0.186. The van der Waals surface area contributed by atoms with Crippen molar-refractivity contribution in [1.29, 1.82) is 0 Å². The van der Waals surface area contributed by atoms with Crippen LogP contribution >= 0.6 is 11.3 Å². The van der Waals surface area contributed by atoms with Crippen LogP contribution in [0.15, 0.2) is 30.9 Å². The van der Waals surface area contributed by atoms with E-state index in [1.807, 2.05) is 4.90 Å². The van der Waals surface area contributed by atoms with Gasteiger partial charge < -0.3 is 25.2 Å². The Labute approximate surface area is 279 Å². The van der Waals surface area contributed by atoms with Crippen LogP contribution in [-0.2, 0) is 11.0 Å². The zero-order chi connectivity index (χ0) is 34.8. The highest BCUT2D eigenvalue weighted by molar-refractivity contribution is 7.22. The minimum absolute atomic E-state index is 0.0677. The summed E-state index contributed by atoms with van der Waals surface area (Å²) >= 11 is 0.704. The lowest BCUT2D eigenvalue weighted by Gasteiger charge is -2.30. The van der Waals surface area contributed by atoms with Gasteiger partial charge in [-0.1, -0.05) is 17.9 Å². The molecule has 0 aliphatic carbocycles.